The van der Waals surface area contributed by atoms with Crippen LogP contribution in [0.1, 0.15) is 5.56 Å². The van der Waals surface area contributed by atoms with Crippen LogP contribution in [-0.2, 0) is 16.3 Å². The van der Waals surface area contributed by atoms with E-state index in [-0.39, 0.29) is 15.5 Å². The van der Waals surface area contributed by atoms with Crippen molar-refractivity contribution >= 4 is 9.84 Å². The van der Waals surface area contributed by atoms with Gasteiger partial charge in [0.25, 0.3) is 0 Å². The average molecular weight is 354 g/mol. The normalized spacial score (nSPS) is 11.2. The zero-order valence-electron chi connectivity index (χ0n) is 13.5. The summed E-state index contributed by atoms with van der Waals surface area (Å²) >= 11 is 0. The van der Waals surface area contributed by atoms with Crippen molar-refractivity contribution < 1.29 is 18.3 Å². The molecule has 5 heteroatoms. The van der Waals surface area contributed by atoms with E-state index in [1.807, 2.05) is 30.3 Å². The Labute approximate surface area is 147 Å². The first-order chi connectivity index (χ1) is 12.1. The number of rotatable bonds is 6. The smallest absolute Gasteiger partial charge is 0.206 e. The van der Waals surface area contributed by atoms with Crippen molar-refractivity contribution in [1.29, 1.82) is 0 Å². The topological polar surface area (TPSA) is 63.6 Å². The number of phenolic OH excluding ortho intramolecular Hbond substituents is 1. The second-order valence-corrected chi connectivity index (χ2v) is 7.50. The van der Waals surface area contributed by atoms with Gasteiger partial charge in [-0.3, -0.25) is 0 Å². The molecular weight excluding hydrogens is 336 g/mol. The zero-order valence-corrected chi connectivity index (χ0v) is 14.3. The highest BCUT2D eigenvalue weighted by atomic mass is 32.2. The van der Waals surface area contributed by atoms with Crippen LogP contribution in [0.15, 0.2) is 88.7 Å². The summed E-state index contributed by atoms with van der Waals surface area (Å²) in [5.74, 6) is 0.654. The van der Waals surface area contributed by atoms with Crippen molar-refractivity contribution in [3.05, 3.63) is 84.4 Å². The fourth-order valence-electron chi connectivity index (χ4n) is 2.41. The molecule has 3 aromatic carbocycles. The van der Waals surface area contributed by atoms with Gasteiger partial charge in [0.2, 0.25) is 9.84 Å². The standard InChI is InChI=1S/C20H18O4S/c21-17-6-10-19(11-7-17)25(22,23)20-12-8-18(9-13-20)24-15-14-16-4-2-1-3-5-16/h1-13,21H,14-15H2. The number of aromatic hydroxyl groups is 1. The van der Waals surface area contributed by atoms with Crippen LogP contribution in [0.25, 0.3) is 0 Å². The molecule has 0 saturated carbocycles. The minimum absolute atomic E-state index is 0.0288. The second-order valence-electron chi connectivity index (χ2n) is 5.55. The molecule has 0 atom stereocenters. The van der Waals surface area contributed by atoms with Crippen molar-refractivity contribution in [2.24, 2.45) is 0 Å². The van der Waals surface area contributed by atoms with Crippen LogP contribution < -0.4 is 4.74 Å². The van der Waals surface area contributed by atoms with Crippen molar-refractivity contribution in [3.8, 4) is 11.5 Å². The van der Waals surface area contributed by atoms with E-state index in [0.29, 0.717) is 12.4 Å². The van der Waals surface area contributed by atoms with E-state index >= 15 is 0 Å². The third kappa shape index (κ3) is 4.19. The van der Waals surface area contributed by atoms with Crippen LogP contribution in [-0.4, -0.2) is 20.1 Å². The number of benzene rings is 3. The Morgan fingerprint density at radius 2 is 1.32 bits per heavy atom. The summed E-state index contributed by atoms with van der Waals surface area (Å²) in [6.45, 7) is 0.522. The fourth-order valence-corrected chi connectivity index (χ4v) is 3.67. The lowest BCUT2D eigenvalue weighted by atomic mass is 10.2. The van der Waals surface area contributed by atoms with Gasteiger partial charge in [0.15, 0.2) is 0 Å². The summed E-state index contributed by atoms with van der Waals surface area (Å²) in [7, 11) is -3.60. The first kappa shape index (κ1) is 17.0. The number of phenols is 1. The highest BCUT2D eigenvalue weighted by molar-refractivity contribution is 7.91. The van der Waals surface area contributed by atoms with Crippen LogP contribution in [0.4, 0.5) is 0 Å². The quantitative estimate of drug-likeness (QED) is 0.730. The molecule has 0 unspecified atom stereocenters. The Hall–Kier alpha value is -2.79. The van der Waals surface area contributed by atoms with Gasteiger partial charge in [0, 0.05) is 6.42 Å². The van der Waals surface area contributed by atoms with Crippen LogP contribution >= 0.6 is 0 Å². The highest BCUT2D eigenvalue weighted by Gasteiger charge is 2.17. The molecular formula is C20H18O4S. The van der Waals surface area contributed by atoms with Crippen molar-refractivity contribution in [2.75, 3.05) is 6.61 Å². The summed E-state index contributed by atoms with van der Waals surface area (Å²) in [6, 6.07) is 21.9. The molecule has 0 spiro atoms. The van der Waals surface area contributed by atoms with Gasteiger partial charge in [-0.2, -0.15) is 0 Å². The van der Waals surface area contributed by atoms with E-state index in [4.69, 9.17) is 4.74 Å². The zero-order chi connectivity index (χ0) is 17.7. The SMILES string of the molecule is O=S(=O)(c1ccc(O)cc1)c1ccc(OCCc2ccccc2)cc1. The molecule has 25 heavy (non-hydrogen) atoms. The molecule has 3 rings (SSSR count). The molecule has 0 aromatic heterocycles. The van der Waals surface area contributed by atoms with Crippen LogP contribution in [0.3, 0.4) is 0 Å². The first-order valence-corrected chi connectivity index (χ1v) is 9.35. The lowest BCUT2D eigenvalue weighted by molar-refractivity contribution is 0.321. The maximum Gasteiger partial charge on any atom is 0.206 e. The van der Waals surface area contributed by atoms with E-state index in [9.17, 15) is 13.5 Å². The largest absolute Gasteiger partial charge is 0.508 e. The second kappa shape index (κ2) is 7.40. The predicted octanol–water partition coefficient (Wildman–Crippen LogP) is 3.85. The van der Waals surface area contributed by atoms with E-state index in [1.165, 1.54) is 42.0 Å². The molecule has 0 fully saturated rings. The van der Waals surface area contributed by atoms with E-state index in [1.54, 1.807) is 12.1 Å². The van der Waals surface area contributed by atoms with Gasteiger partial charge < -0.3 is 9.84 Å². The van der Waals surface area contributed by atoms with Crippen LogP contribution in [0.2, 0.25) is 0 Å². The summed E-state index contributed by atoms with van der Waals surface area (Å²) in [5.41, 5.74) is 1.19. The lowest BCUT2D eigenvalue weighted by Gasteiger charge is -2.08. The fraction of sp³-hybridized carbons (Fsp3) is 0.100. The highest BCUT2D eigenvalue weighted by Crippen LogP contribution is 2.24. The maximum absolute atomic E-state index is 12.5. The van der Waals surface area contributed by atoms with E-state index in [0.717, 1.165) is 6.42 Å². The Morgan fingerprint density at radius 3 is 1.92 bits per heavy atom. The predicted molar refractivity (Wildman–Crippen MR) is 95.6 cm³/mol. The number of ether oxygens (including phenoxy) is 1. The Bertz CT molecular complexity index is 916. The van der Waals surface area contributed by atoms with Crippen molar-refractivity contribution in [2.45, 2.75) is 16.2 Å². The monoisotopic (exact) mass is 354 g/mol. The van der Waals surface area contributed by atoms with Crippen LogP contribution in [0.5, 0.6) is 11.5 Å². The number of hydrogen-bond donors (Lipinski definition) is 1. The summed E-state index contributed by atoms with van der Waals surface area (Å²) in [5, 5.41) is 9.28. The number of sulfone groups is 1. The van der Waals surface area contributed by atoms with E-state index in [2.05, 4.69) is 0 Å². The molecule has 0 saturated heterocycles. The molecule has 4 nitrogen and oxygen atoms in total. The molecule has 0 amide bonds. The molecule has 0 aliphatic rings. The molecule has 0 aliphatic carbocycles. The molecule has 0 heterocycles. The van der Waals surface area contributed by atoms with Gasteiger partial charge in [-0.05, 0) is 54.1 Å². The van der Waals surface area contributed by atoms with Gasteiger partial charge >= 0.3 is 0 Å². The first-order valence-electron chi connectivity index (χ1n) is 7.86. The van der Waals surface area contributed by atoms with Crippen molar-refractivity contribution in [3.63, 3.8) is 0 Å². The Morgan fingerprint density at radius 1 is 0.760 bits per heavy atom. The maximum atomic E-state index is 12.5. The third-order valence-electron chi connectivity index (χ3n) is 3.78. The minimum Gasteiger partial charge on any atom is -0.508 e. The van der Waals surface area contributed by atoms with E-state index < -0.39 is 9.84 Å². The Balaban J connectivity index is 1.66. The van der Waals surface area contributed by atoms with Gasteiger partial charge in [-0.25, -0.2) is 8.42 Å². The Kier molecular flexibility index (Phi) is 5.05. The molecule has 0 radical (unpaired) electrons. The molecule has 1 N–H and O–H groups in total. The van der Waals surface area contributed by atoms with Crippen LogP contribution in [0, 0.1) is 0 Å². The lowest BCUT2D eigenvalue weighted by Crippen LogP contribution is -2.03. The van der Waals surface area contributed by atoms with Gasteiger partial charge in [-0.15, -0.1) is 0 Å². The summed E-state index contributed by atoms with van der Waals surface area (Å²) < 4.78 is 30.7. The molecule has 3 aromatic rings. The van der Waals surface area contributed by atoms with Gasteiger partial charge in [0.05, 0.1) is 16.4 Å². The third-order valence-corrected chi connectivity index (χ3v) is 5.57. The summed E-state index contributed by atoms with van der Waals surface area (Å²) in [6.07, 6.45) is 0.786. The summed E-state index contributed by atoms with van der Waals surface area (Å²) in [4.78, 5) is 0.330. The minimum atomic E-state index is -3.60. The van der Waals surface area contributed by atoms with Gasteiger partial charge in [-0.1, -0.05) is 30.3 Å². The number of hydrogen-bond acceptors (Lipinski definition) is 4. The molecule has 128 valence electrons. The van der Waals surface area contributed by atoms with Crippen molar-refractivity contribution in [1.82, 2.24) is 0 Å². The molecule has 0 bridgehead atoms. The molecule has 0 aliphatic heterocycles. The van der Waals surface area contributed by atoms with Gasteiger partial charge in [0.1, 0.15) is 11.5 Å². The average Bonchev–Trinajstić information content (AvgIpc) is 2.63.